The average Bonchev–Trinajstić information content (AvgIpc) is 2.91. The fraction of sp³-hybridized carbons (Fsp3) is 0.500. The molecule has 1 N–H and O–H groups in total. The molecule has 1 aliphatic rings. The van der Waals surface area contributed by atoms with Crippen molar-refractivity contribution >= 4 is 11.6 Å². The molecule has 0 atom stereocenters. The molecule has 2 aromatic rings. The predicted molar refractivity (Wildman–Crippen MR) is 73.8 cm³/mol. The van der Waals surface area contributed by atoms with E-state index in [4.69, 9.17) is 4.74 Å². The number of esters is 1. The molecule has 2 aromatic heterocycles. The minimum absolute atomic E-state index is 0.357. The van der Waals surface area contributed by atoms with Crippen molar-refractivity contribution in [3.8, 4) is 0 Å². The van der Waals surface area contributed by atoms with Crippen LogP contribution in [0.5, 0.6) is 0 Å². The Kier molecular flexibility index (Phi) is 3.64. The standard InChI is InChI=1S/C14H18N4O2/c1-2-20-14(19)11-8-16-13-7-12(17-18(13)9-11)10-3-5-15-6-4-10/h7-10,15H,2-6H2,1H3. The van der Waals surface area contributed by atoms with Gasteiger partial charge in [-0.2, -0.15) is 5.10 Å². The number of piperidine rings is 1. The van der Waals surface area contributed by atoms with Gasteiger partial charge in [0.25, 0.3) is 0 Å². The van der Waals surface area contributed by atoms with E-state index in [0.29, 0.717) is 18.1 Å². The Morgan fingerprint density at radius 2 is 2.30 bits per heavy atom. The summed E-state index contributed by atoms with van der Waals surface area (Å²) in [7, 11) is 0. The summed E-state index contributed by atoms with van der Waals surface area (Å²) in [5.41, 5.74) is 2.26. The quantitative estimate of drug-likeness (QED) is 0.856. The number of hydrogen-bond acceptors (Lipinski definition) is 5. The maximum absolute atomic E-state index is 11.7. The lowest BCUT2D eigenvalue weighted by molar-refractivity contribution is 0.0525. The van der Waals surface area contributed by atoms with Crippen LogP contribution in [-0.2, 0) is 4.74 Å². The third kappa shape index (κ3) is 2.51. The van der Waals surface area contributed by atoms with Crippen LogP contribution in [0.25, 0.3) is 5.65 Å². The van der Waals surface area contributed by atoms with Gasteiger partial charge in [-0.25, -0.2) is 14.3 Å². The molecule has 0 radical (unpaired) electrons. The number of aromatic nitrogens is 3. The summed E-state index contributed by atoms with van der Waals surface area (Å²) in [6, 6.07) is 2.00. The third-order valence-electron chi connectivity index (χ3n) is 3.60. The van der Waals surface area contributed by atoms with E-state index in [9.17, 15) is 4.79 Å². The number of carbonyl (C=O) groups excluding carboxylic acids is 1. The molecule has 1 saturated heterocycles. The minimum Gasteiger partial charge on any atom is -0.462 e. The molecule has 1 fully saturated rings. The first-order valence-electron chi connectivity index (χ1n) is 7.01. The fourth-order valence-electron chi connectivity index (χ4n) is 2.53. The summed E-state index contributed by atoms with van der Waals surface area (Å²) in [4.78, 5) is 16.0. The van der Waals surface area contributed by atoms with Gasteiger partial charge in [0.2, 0.25) is 0 Å². The molecule has 6 nitrogen and oxygen atoms in total. The number of nitrogens with zero attached hydrogens (tertiary/aromatic N) is 3. The van der Waals surface area contributed by atoms with Crippen LogP contribution in [0.1, 0.15) is 41.7 Å². The summed E-state index contributed by atoms with van der Waals surface area (Å²) < 4.78 is 6.64. The van der Waals surface area contributed by atoms with E-state index in [-0.39, 0.29) is 5.97 Å². The van der Waals surface area contributed by atoms with E-state index in [1.54, 1.807) is 23.8 Å². The van der Waals surface area contributed by atoms with Gasteiger partial charge in [0.05, 0.1) is 17.9 Å². The van der Waals surface area contributed by atoms with Crippen molar-refractivity contribution in [3.63, 3.8) is 0 Å². The number of nitrogens with one attached hydrogen (secondary N) is 1. The molecule has 0 unspecified atom stereocenters. The number of hydrogen-bond donors (Lipinski definition) is 1. The van der Waals surface area contributed by atoms with E-state index in [1.807, 2.05) is 6.07 Å². The maximum Gasteiger partial charge on any atom is 0.341 e. The molecule has 0 aromatic carbocycles. The first-order valence-corrected chi connectivity index (χ1v) is 7.01. The summed E-state index contributed by atoms with van der Waals surface area (Å²) in [5, 5.41) is 7.90. The van der Waals surface area contributed by atoms with E-state index < -0.39 is 0 Å². The summed E-state index contributed by atoms with van der Waals surface area (Å²) >= 11 is 0. The van der Waals surface area contributed by atoms with Crippen molar-refractivity contribution in [3.05, 3.63) is 29.7 Å². The molecule has 6 heteroatoms. The number of carbonyl (C=O) groups is 1. The zero-order valence-electron chi connectivity index (χ0n) is 11.5. The second-order valence-corrected chi connectivity index (χ2v) is 4.96. The first kappa shape index (κ1) is 13.1. The summed E-state index contributed by atoms with van der Waals surface area (Å²) in [6.45, 7) is 4.20. The Morgan fingerprint density at radius 1 is 1.50 bits per heavy atom. The highest BCUT2D eigenvalue weighted by molar-refractivity contribution is 5.88. The van der Waals surface area contributed by atoms with Crippen LogP contribution >= 0.6 is 0 Å². The normalized spacial score (nSPS) is 16.4. The minimum atomic E-state index is -0.360. The molecule has 106 valence electrons. The fourth-order valence-corrected chi connectivity index (χ4v) is 2.53. The van der Waals surface area contributed by atoms with Crippen LogP contribution < -0.4 is 5.32 Å². The van der Waals surface area contributed by atoms with E-state index in [1.165, 1.54) is 0 Å². The number of rotatable bonds is 3. The second kappa shape index (κ2) is 5.58. The smallest absolute Gasteiger partial charge is 0.341 e. The van der Waals surface area contributed by atoms with E-state index in [2.05, 4.69) is 15.4 Å². The monoisotopic (exact) mass is 274 g/mol. The van der Waals surface area contributed by atoms with Gasteiger partial charge in [-0.05, 0) is 32.9 Å². The Hall–Kier alpha value is -1.95. The Labute approximate surface area is 117 Å². The highest BCUT2D eigenvalue weighted by Crippen LogP contribution is 2.24. The second-order valence-electron chi connectivity index (χ2n) is 4.96. The topological polar surface area (TPSA) is 68.5 Å². The SMILES string of the molecule is CCOC(=O)c1cnc2cc(C3CCNCC3)nn2c1. The molecular weight excluding hydrogens is 256 g/mol. The lowest BCUT2D eigenvalue weighted by Crippen LogP contribution is -2.26. The Bertz CT molecular complexity index is 617. The van der Waals surface area contributed by atoms with E-state index >= 15 is 0 Å². The van der Waals surface area contributed by atoms with Crippen molar-refractivity contribution in [1.82, 2.24) is 19.9 Å². The van der Waals surface area contributed by atoms with Gasteiger partial charge in [-0.15, -0.1) is 0 Å². The van der Waals surface area contributed by atoms with Gasteiger partial charge in [-0.1, -0.05) is 0 Å². The third-order valence-corrected chi connectivity index (χ3v) is 3.60. The zero-order valence-corrected chi connectivity index (χ0v) is 11.5. The van der Waals surface area contributed by atoms with Gasteiger partial charge in [-0.3, -0.25) is 0 Å². The molecule has 0 amide bonds. The van der Waals surface area contributed by atoms with Crippen molar-refractivity contribution in [1.29, 1.82) is 0 Å². The highest BCUT2D eigenvalue weighted by Gasteiger charge is 2.19. The summed E-state index contributed by atoms with van der Waals surface area (Å²) in [5.74, 6) is 0.116. The van der Waals surface area contributed by atoms with Gasteiger partial charge in [0, 0.05) is 24.4 Å². The number of fused-ring (bicyclic) bond motifs is 1. The van der Waals surface area contributed by atoms with Gasteiger partial charge < -0.3 is 10.1 Å². The largest absolute Gasteiger partial charge is 0.462 e. The van der Waals surface area contributed by atoms with Crippen LogP contribution in [0, 0.1) is 0 Å². The van der Waals surface area contributed by atoms with Crippen molar-refractivity contribution in [2.45, 2.75) is 25.7 Å². The molecule has 0 spiro atoms. The van der Waals surface area contributed by atoms with Crippen LogP contribution in [0.15, 0.2) is 18.5 Å². The molecule has 0 aliphatic carbocycles. The highest BCUT2D eigenvalue weighted by atomic mass is 16.5. The molecule has 0 bridgehead atoms. The van der Waals surface area contributed by atoms with Crippen LogP contribution in [0.4, 0.5) is 0 Å². The molecule has 3 rings (SSSR count). The average molecular weight is 274 g/mol. The Morgan fingerprint density at radius 3 is 3.05 bits per heavy atom. The lowest BCUT2D eigenvalue weighted by Gasteiger charge is -2.20. The molecule has 1 aliphatic heterocycles. The van der Waals surface area contributed by atoms with Crippen molar-refractivity contribution < 1.29 is 9.53 Å². The van der Waals surface area contributed by atoms with Gasteiger partial charge in [0.1, 0.15) is 0 Å². The van der Waals surface area contributed by atoms with Crippen LogP contribution in [0.2, 0.25) is 0 Å². The van der Waals surface area contributed by atoms with Gasteiger partial charge >= 0.3 is 5.97 Å². The molecule has 3 heterocycles. The molecular formula is C14H18N4O2. The van der Waals surface area contributed by atoms with Crippen LogP contribution in [0.3, 0.4) is 0 Å². The van der Waals surface area contributed by atoms with Crippen LogP contribution in [-0.4, -0.2) is 40.3 Å². The zero-order chi connectivity index (χ0) is 13.9. The predicted octanol–water partition coefficient (Wildman–Crippen LogP) is 1.37. The van der Waals surface area contributed by atoms with Gasteiger partial charge in [0.15, 0.2) is 5.65 Å². The molecule has 20 heavy (non-hydrogen) atoms. The maximum atomic E-state index is 11.7. The Balaban J connectivity index is 1.88. The lowest BCUT2D eigenvalue weighted by atomic mass is 9.95. The molecule has 0 saturated carbocycles. The first-order chi connectivity index (χ1) is 9.78. The van der Waals surface area contributed by atoms with Crippen molar-refractivity contribution in [2.24, 2.45) is 0 Å². The van der Waals surface area contributed by atoms with Crippen molar-refractivity contribution in [2.75, 3.05) is 19.7 Å². The number of ether oxygens (including phenoxy) is 1. The summed E-state index contributed by atoms with van der Waals surface area (Å²) in [6.07, 6.45) is 5.41. The van der Waals surface area contributed by atoms with E-state index in [0.717, 1.165) is 37.3 Å².